The number of carbonyl (C=O) groups excluding carboxylic acids is 1. The van der Waals surface area contributed by atoms with Crippen molar-refractivity contribution in [3.05, 3.63) is 12.7 Å². The van der Waals surface area contributed by atoms with E-state index in [0.717, 1.165) is 32.2 Å². The molecule has 1 amide bonds. The second-order valence-electron chi connectivity index (χ2n) is 16.8. The number of alkyl carbamates (subject to hydrolysis) is 1. The van der Waals surface area contributed by atoms with Crippen molar-refractivity contribution in [1.29, 1.82) is 0 Å². The van der Waals surface area contributed by atoms with Crippen molar-refractivity contribution in [2.45, 2.75) is 145 Å². The molecule has 0 aliphatic carbocycles. The van der Waals surface area contributed by atoms with E-state index >= 15 is 0 Å². The molecule has 2 aliphatic heterocycles. The van der Waals surface area contributed by atoms with Gasteiger partial charge in [0.1, 0.15) is 24.6 Å². The number of nitrogen functional groups attached to an aromatic ring is 1. The van der Waals surface area contributed by atoms with Gasteiger partial charge in [0.15, 0.2) is 29.9 Å². The fourth-order valence-electron chi connectivity index (χ4n) is 8.60. The summed E-state index contributed by atoms with van der Waals surface area (Å²) in [6.45, 7) is 28.1. The van der Waals surface area contributed by atoms with Crippen LogP contribution in [0.25, 0.3) is 11.2 Å². The number of amides is 1. The summed E-state index contributed by atoms with van der Waals surface area (Å²) in [6, 6.07) is 0. The molecule has 2 saturated heterocycles. The number of carbonyl (C=O) groups is 1. The molecular weight excluding hydrogens is 704 g/mol. The summed E-state index contributed by atoms with van der Waals surface area (Å²) in [7, 11) is 2.23. The van der Waals surface area contributed by atoms with E-state index in [1.807, 2.05) is 0 Å². The lowest BCUT2D eigenvalue weighted by Gasteiger charge is -2.50. The molecule has 15 heteroatoms. The number of nitrogens with zero attached hydrogens (tertiary/aromatic N) is 4. The number of imidazole rings is 1. The zero-order chi connectivity index (χ0) is 40.0. The molecule has 0 saturated carbocycles. The van der Waals surface area contributed by atoms with E-state index in [4.69, 9.17) is 31.8 Å². The lowest BCUT2D eigenvalue weighted by molar-refractivity contribution is -0.0606. The van der Waals surface area contributed by atoms with Gasteiger partial charge in [0, 0.05) is 12.1 Å². The molecule has 0 aromatic carbocycles. The van der Waals surface area contributed by atoms with E-state index in [1.54, 1.807) is 4.57 Å². The van der Waals surface area contributed by atoms with E-state index in [-0.39, 0.29) is 18.0 Å². The second kappa shape index (κ2) is 19.4. The van der Waals surface area contributed by atoms with Gasteiger partial charge in [0.2, 0.25) is 0 Å². The number of hydrogen-bond acceptors (Lipinski definition) is 11. The Morgan fingerprint density at radius 2 is 1.57 bits per heavy atom. The van der Waals surface area contributed by atoms with Crippen LogP contribution < -0.4 is 16.4 Å². The standard InChI is InChI=1S/C39H70BN7O6P/c1-12-23(3)25(5)27(7)29(9)39(11,30(10)28(8)26(6)24(4)13-2)46-19-17-15-14-16-18-42-38(48)52-34-33-31(20-50-54(40,49)53-33)51-37(34)47-22-45-32-35(41)43-21-44-36(32)47/h21-31,33-34,37,46,49H,12-20H2,1-11H3,(H,42,48)(H2,41,43,44)/q+1/t23?,24?,25?,26?,27?,28?,29?,30?,31-,33+,34?,37-,39?,54?/m1/s1. The number of hydrogen-bond donors (Lipinski definition) is 4. The highest BCUT2D eigenvalue weighted by Crippen LogP contribution is 2.59. The van der Waals surface area contributed by atoms with E-state index in [2.05, 4.69) is 102 Å². The summed E-state index contributed by atoms with van der Waals surface area (Å²) in [5, 5.41) is 7.00. The third kappa shape index (κ3) is 10.3. The van der Waals surface area contributed by atoms with E-state index in [0.29, 0.717) is 65.1 Å². The van der Waals surface area contributed by atoms with Crippen molar-refractivity contribution >= 4 is 38.5 Å². The van der Waals surface area contributed by atoms with Crippen LogP contribution in [-0.2, 0) is 18.5 Å². The first-order chi connectivity index (χ1) is 25.5. The molecule has 4 heterocycles. The van der Waals surface area contributed by atoms with Crippen molar-refractivity contribution < 1.29 is 28.2 Å². The Morgan fingerprint density at radius 3 is 2.17 bits per heavy atom. The molecule has 2 aliphatic rings. The number of nitrogens with one attached hydrogen (secondary N) is 2. The van der Waals surface area contributed by atoms with Crippen LogP contribution in [0.1, 0.15) is 121 Å². The summed E-state index contributed by atoms with van der Waals surface area (Å²) in [4.78, 5) is 36.1. The highest BCUT2D eigenvalue weighted by Gasteiger charge is 2.59. The first kappa shape index (κ1) is 44.6. The van der Waals surface area contributed by atoms with Crippen molar-refractivity contribution in [2.75, 3.05) is 25.4 Å². The summed E-state index contributed by atoms with van der Waals surface area (Å²) in [5.41, 5.74) is 6.80. The molecule has 304 valence electrons. The number of unbranched alkanes of at least 4 members (excludes halogenated alkanes) is 3. The minimum Gasteiger partial charge on any atom is -0.438 e. The predicted molar refractivity (Wildman–Crippen MR) is 216 cm³/mol. The van der Waals surface area contributed by atoms with Crippen LogP contribution in [0.4, 0.5) is 10.6 Å². The van der Waals surface area contributed by atoms with Crippen LogP contribution in [-0.4, -0.2) is 81.6 Å². The molecule has 2 aromatic rings. The lowest BCUT2D eigenvalue weighted by atomic mass is 9.61. The molecule has 5 N–H and O–H groups in total. The molecule has 13 nitrogen and oxygen atoms in total. The molecule has 0 bridgehead atoms. The summed E-state index contributed by atoms with van der Waals surface area (Å²) in [5.74, 6) is 5.15. The average Bonchev–Trinajstić information content (AvgIpc) is 3.74. The molecule has 2 aromatic heterocycles. The fourth-order valence-corrected chi connectivity index (χ4v) is 9.62. The first-order valence-corrected chi connectivity index (χ1v) is 22.1. The molecule has 13 atom stereocenters. The smallest absolute Gasteiger partial charge is 0.438 e. The lowest BCUT2D eigenvalue weighted by Crippen LogP contribution is -2.57. The number of nitrogens with two attached hydrogens (primary N) is 1. The molecule has 2 fully saturated rings. The molecular formula is C39H70BN7O6P+. The van der Waals surface area contributed by atoms with E-state index in [1.165, 1.54) is 25.5 Å². The third-order valence-corrected chi connectivity index (χ3v) is 15.0. The Balaban J connectivity index is 1.30. The van der Waals surface area contributed by atoms with Crippen molar-refractivity contribution in [2.24, 2.45) is 47.3 Å². The molecule has 0 spiro atoms. The highest BCUT2D eigenvalue weighted by molar-refractivity contribution is 7.85. The Bertz CT molecular complexity index is 1460. The first-order valence-electron chi connectivity index (χ1n) is 20.5. The summed E-state index contributed by atoms with van der Waals surface area (Å²) < 4.78 is 24.7. The second-order valence-corrected chi connectivity index (χ2v) is 18.4. The van der Waals surface area contributed by atoms with Gasteiger partial charge >= 0.3 is 21.5 Å². The van der Waals surface area contributed by atoms with Gasteiger partial charge in [-0.3, -0.25) is 4.57 Å². The summed E-state index contributed by atoms with van der Waals surface area (Å²) in [6.07, 6.45) is 5.15. The molecule has 2 radical (unpaired) electrons. The van der Waals surface area contributed by atoms with E-state index < -0.39 is 38.5 Å². The maximum absolute atomic E-state index is 13.1. The monoisotopic (exact) mass is 775 g/mol. The number of aromatic nitrogens is 4. The Labute approximate surface area is 326 Å². The number of ether oxygens (including phenoxy) is 2. The highest BCUT2D eigenvalue weighted by atomic mass is 31.2. The van der Waals surface area contributed by atoms with Gasteiger partial charge in [0.25, 0.3) is 0 Å². The van der Waals surface area contributed by atoms with Crippen LogP contribution >= 0.6 is 7.82 Å². The topological polar surface area (TPSA) is 168 Å². The van der Waals surface area contributed by atoms with E-state index in [9.17, 15) is 9.69 Å². The van der Waals surface area contributed by atoms with Crippen LogP contribution in [0.2, 0.25) is 0 Å². The van der Waals surface area contributed by atoms with Gasteiger partial charge < -0.3 is 25.8 Å². The van der Waals surface area contributed by atoms with Crippen LogP contribution in [0.15, 0.2) is 12.7 Å². The predicted octanol–water partition coefficient (Wildman–Crippen LogP) is 7.47. The quantitative estimate of drug-likeness (QED) is 0.0599. The van der Waals surface area contributed by atoms with Gasteiger partial charge in [-0.15, -0.1) is 0 Å². The summed E-state index contributed by atoms with van der Waals surface area (Å²) >= 11 is 0. The van der Waals surface area contributed by atoms with Crippen molar-refractivity contribution in [1.82, 2.24) is 30.2 Å². The molecule has 4 rings (SSSR count). The van der Waals surface area contributed by atoms with Crippen LogP contribution in [0.3, 0.4) is 0 Å². The molecule has 10 unspecified atom stereocenters. The SMILES string of the molecule is [B][P+]1(O)OC[C@H]2O[C@@H](n3cnc4c(N)ncnc43)C(OC(=O)NCCCCCCNC(C)(C(C)C(C)C(C)C(C)CC)C(C)C(C)C(C)C(C)CC)[C@H]2O1. The Morgan fingerprint density at radius 1 is 0.981 bits per heavy atom. The Kier molecular flexibility index (Phi) is 16.0. The molecule has 54 heavy (non-hydrogen) atoms. The van der Waals surface area contributed by atoms with Crippen LogP contribution in [0.5, 0.6) is 0 Å². The minimum atomic E-state index is -3.61. The van der Waals surface area contributed by atoms with Gasteiger partial charge in [-0.2, -0.15) is 9.05 Å². The van der Waals surface area contributed by atoms with Gasteiger partial charge in [-0.05, 0) is 73.7 Å². The number of anilines is 1. The third-order valence-electron chi connectivity index (χ3n) is 14.0. The normalized spacial score (nSPS) is 28.6. The zero-order valence-corrected chi connectivity index (χ0v) is 35.7. The number of fused-ring (bicyclic) bond motifs is 2. The van der Waals surface area contributed by atoms with Gasteiger partial charge in [-0.25, -0.2) is 24.6 Å². The van der Waals surface area contributed by atoms with Gasteiger partial charge in [0.05, 0.1) is 6.33 Å². The average molecular weight is 775 g/mol. The van der Waals surface area contributed by atoms with Crippen molar-refractivity contribution in [3.8, 4) is 0 Å². The zero-order valence-electron chi connectivity index (χ0n) is 34.8. The Hall–Kier alpha value is -2.09. The minimum absolute atomic E-state index is 0.00667. The largest absolute Gasteiger partial charge is 0.488 e. The van der Waals surface area contributed by atoms with Gasteiger partial charge in [-0.1, -0.05) is 94.9 Å². The van der Waals surface area contributed by atoms with Crippen molar-refractivity contribution in [3.63, 3.8) is 0 Å². The fraction of sp³-hybridized carbons (Fsp3) is 0.846. The number of rotatable bonds is 20. The van der Waals surface area contributed by atoms with Crippen LogP contribution in [0, 0.1) is 47.3 Å². The maximum Gasteiger partial charge on any atom is 0.488 e. The maximum atomic E-state index is 13.1.